The Morgan fingerprint density at radius 2 is 2.28 bits per heavy atom. The maximum absolute atomic E-state index is 13.6. The van der Waals surface area contributed by atoms with Crippen LogP contribution < -0.4 is 5.32 Å². The predicted molar refractivity (Wildman–Crippen MR) is 66.7 cm³/mol. The summed E-state index contributed by atoms with van der Waals surface area (Å²) < 4.78 is 18.1. The second kappa shape index (κ2) is 5.48. The highest BCUT2D eigenvalue weighted by Crippen LogP contribution is 2.36. The molecule has 0 radical (unpaired) electrons. The van der Waals surface area contributed by atoms with Gasteiger partial charge in [-0.25, -0.2) is 9.18 Å². The van der Waals surface area contributed by atoms with Crippen LogP contribution in [0.4, 0.5) is 4.39 Å². The van der Waals surface area contributed by atoms with Crippen LogP contribution in [-0.2, 0) is 11.3 Å². The highest BCUT2D eigenvalue weighted by molar-refractivity contribution is 5.89. The molecule has 3 nitrogen and oxygen atoms in total. The number of benzene rings is 1. The van der Waals surface area contributed by atoms with Gasteiger partial charge in [0.05, 0.1) is 12.7 Å². The Kier molecular flexibility index (Phi) is 3.97. The van der Waals surface area contributed by atoms with Crippen molar-refractivity contribution < 1.29 is 13.9 Å². The number of nitrogens with one attached hydrogen (secondary N) is 1. The minimum absolute atomic E-state index is 0.0166. The first-order chi connectivity index (χ1) is 8.61. The van der Waals surface area contributed by atoms with Crippen molar-refractivity contribution in [3.05, 3.63) is 35.1 Å². The molecular formula is C14H18FNO2. The topological polar surface area (TPSA) is 38.3 Å². The second-order valence-electron chi connectivity index (χ2n) is 4.91. The molecule has 1 fully saturated rings. The Hall–Kier alpha value is -1.42. The Morgan fingerprint density at radius 3 is 2.83 bits per heavy atom. The van der Waals surface area contributed by atoms with Gasteiger partial charge >= 0.3 is 5.97 Å². The predicted octanol–water partition coefficient (Wildman–Crippen LogP) is 2.36. The van der Waals surface area contributed by atoms with Gasteiger partial charge in [0.25, 0.3) is 0 Å². The zero-order chi connectivity index (χ0) is 13.1. The lowest BCUT2D eigenvalue weighted by Gasteiger charge is -2.06. The average Bonchev–Trinajstić information content (AvgIpc) is 3.04. The first kappa shape index (κ1) is 13.0. The Bertz CT molecular complexity index is 447. The number of esters is 1. The molecule has 0 aromatic heterocycles. The van der Waals surface area contributed by atoms with Crippen LogP contribution in [0.1, 0.15) is 29.3 Å². The first-order valence-corrected chi connectivity index (χ1v) is 6.19. The summed E-state index contributed by atoms with van der Waals surface area (Å²) in [6.07, 6.45) is 1.28. The van der Waals surface area contributed by atoms with Crippen molar-refractivity contribution in [2.24, 2.45) is 11.8 Å². The van der Waals surface area contributed by atoms with Crippen LogP contribution >= 0.6 is 0 Å². The molecule has 1 aliphatic rings. The number of ether oxygens (including phenoxy) is 1. The third-order valence-corrected chi connectivity index (χ3v) is 3.45. The number of halogens is 1. The highest BCUT2D eigenvalue weighted by Gasteiger charge is 2.31. The Balaban J connectivity index is 1.89. The van der Waals surface area contributed by atoms with Gasteiger partial charge in [-0.2, -0.15) is 0 Å². The SMILES string of the molecule is COC(=O)c1ccc(CNCC2CC2C)cc1F. The lowest BCUT2D eigenvalue weighted by molar-refractivity contribution is 0.0595. The zero-order valence-electron chi connectivity index (χ0n) is 10.7. The van der Waals surface area contributed by atoms with Crippen molar-refractivity contribution in [3.8, 4) is 0 Å². The van der Waals surface area contributed by atoms with Crippen LogP contribution in [0.5, 0.6) is 0 Å². The fourth-order valence-electron chi connectivity index (χ4n) is 2.03. The average molecular weight is 251 g/mol. The summed E-state index contributed by atoms with van der Waals surface area (Å²) in [5.41, 5.74) is 0.825. The molecule has 0 heterocycles. The highest BCUT2D eigenvalue weighted by atomic mass is 19.1. The number of carbonyl (C=O) groups is 1. The van der Waals surface area contributed by atoms with E-state index in [2.05, 4.69) is 17.0 Å². The molecule has 1 aromatic carbocycles. The standard InChI is InChI=1S/C14H18FNO2/c1-9-5-11(9)8-16-7-10-3-4-12(13(15)6-10)14(17)18-2/h3-4,6,9,11,16H,5,7-8H2,1-2H3. The molecule has 0 saturated heterocycles. The van der Waals surface area contributed by atoms with E-state index in [-0.39, 0.29) is 5.56 Å². The van der Waals surface area contributed by atoms with E-state index in [1.54, 1.807) is 6.07 Å². The van der Waals surface area contributed by atoms with Gasteiger partial charge in [0.15, 0.2) is 0 Å². The number of methoxy groups -OCH3 is 1. The fourth-order valence-corrected chi connectivity index (χ4v) is 2.03. The van der Waals surface area contributed by atoms with E-state index in [4.69, 9.17) is 0 Å². The van der Waals surface area contributed by atoms with Crippen LogP contribution in [0.25, 0.3) is 0 Å². The normalized spacial score (nSPS) is 21.7. The minimum Gasteiger partial charge on any atom is -0.465 e. The second-order valence-corrected chi connectivity index (χ2v) is 4.91. The number of hydrogen-bond acceptors (Lipinski definition) is 3. The molecule has 2 unspecified atom stereocenters. The molecule has 1 aromatic rings. The maximum Gasteiger partial charge on any atom is 0.340 e. The molecule has 0 spiro atoms. The van der Waals surface area contributed by atoms with Gasteiger partial charge in [0.2, 0.25) is 0 Å². The third kappa shape index (κ3) is 3.07. The van der Waals surface area contributed by atoms with E-state index >= 15 is 0 Å². The molecular weight excluding hydrogens is 233 g/mol. The van der Waals surface area contributed by atoms with Crippen molar-refractivity contribution in [2.75, 3.05) is 13.7 Å². The molecule has 2 rings (SSSR count). The Labute approximate surface area is 106 Å². The largest absolute Gasteiger partial charge is 0.465 e. The van der Waals surface area contributed by atoms with E-state index in [1.807, 2.05) is 0 Å². The van der Waals surface area contributed by atoms with E-state index in [1.165, 1.54) is 25.7 Å². The van der Waals surface area contributed by atoms with E-state index in [0.29, 0.717) is 6.54 Å². The number of hydrogen-bond donors (Lipinski definition) is 1. The van der Waals surface area contributed by atoms with Gasteiger partial charge < -0.3 is 10.1 Å². The summed E-state index contributed by atoms with van der Waals surface area (Å²) >= 11 is 0. The lowest BCUT2D eigenvalue weighted by atomic mass is 10.1. The van der Waals surface area contributed by atoms with Crippen LogP contribution in [-0.4, -0.2) is 19.6 Å². The van der Waals surface area contributed by atoms with Crippen LogP contribution in [0.15, 0.2) is 18.2 Å². The fraction of sp³-hybridized carbons (Fsp3) is 0.500. The summed E-state index contributed by atoms with van der Waals surface area (Å²) in [6, 6.07) is 4.60. The van der Waals surface area contributed by atoms with Crippen LogP contribution in [0.3, 0.4) is 0 Å². The third-order valence-electron chi connectivity index (χ3n) is 3.45. The van der Waals surface area contributed by atoms with Crippen molar-refractivity contribution in [3.63, 3.8) is 0 Å². The minimum atomic E-state index is -0.640. The van der Waals surface area contributed by atoms with E-state index in [9.17, 15) is 9.18 Å². The molecule has 18 heavy (non-hydrogen) atoms. The smallest absolute Gasteiger partial charge is 0.340 e. The number of rotatable bonds is 5. The van der Waals surface area contributed by atoms with Crippen molar-refractivity contribution in [1.29, 1.82) is 0 Å². The monoisotopic (exact) mass is 251 g/mol. The van der Waals surface area contributed by atoms with Gasteiger partial charge in [0.1, 0.15) is 5.82 Å². The summed E-state index contributed by atoms with van der Waals surface area (Å²) in [7, 11) is 1.24. The first-order valence-electron chi connectivity index (χ1n) is 6.19. The van der Waals surface area contributed by atoms with Gasteiger partial charge in [-0.3, -0.25) is 0 Å². The summed E-state index contributed by atoms with van der Waals surface area (Å²) in [5, 5.41) is 3.30. The number of carbonyl (C=O) groups excluding carboxylic acids is 1. The molecule has 1 aliphatic carbocycles. The van der Waals surface area contributed by atoms with Gasteiger partial charge in [-0.1, -0.05) is 13.0 Å². The van der Waals surface area contributed by atoms with Crippen LogP contribution in [0, 0.1) is 17.7 Å². The molecule has 0 amide bonds. The molecule has 2 atom stereocenters. The van der Waals surface area contributed by atoms with Crippen molar-refractivity contribution >= 4 is 5.97 Å². The van der Waals surface area contributed by atoms with Crippen molar-refractivity contribution in [2.45, 2.75) is 19.9 Å². The van der Waals surface area contributed by atoms with Crippen molar-refractivity contribution in [1.82, 2.24) is 5.32 Å². The quantitative estimate of drug-likeness (QED) is 0.816. The molecule has 1 saturated carbocycles. The summed E-state index contributed by atoms with van der Waals surface area (Å²) in [5.74, 6) is 0.417. The molecule has 0 bridgehead atoms. The molecule has 4 heteroatoms. The van der Waals surface area contributed by atoms with Gasteiger partial charge in [-0.05, 0) is 42.5 Å². The maximum atomic E-state index is 13.6. The van der Waals surface area contributed by atoms with Gasteiger partial charge in [0, 0.05) is 6.54 Å². The van der Waals surface area contributed by atoms with E-state index < -0.39 is 11.8 Å². The molecule has 98 valence electrons. The van der Waals surface area contributed by atoms with Crippen LogP contribution in [0.2, 0.25) is 0 Å². The van der Waals surface area contributed by atoms with E-state index in [0.717, 1.165) is 23.9 Å². The summed E-state index contributed by atoms with van der Waals surface area (Å²) in [4.78, 5) is 11.2. The van der Waals surface area contributed by atoms with Gasteiger partial charge in [-0.15, -0.1) is 0 Å². The zero-order valence-corrected chi connectivity index (χ0v) is 10.7. The molecule has 0 aliphatic heterocycles. The summed E-state index contributed by atoms with van der Waals surface area (Å²) in [6.45, 7) is 3.83. The lowest BCUT2D eigenvalue weighted by Crippen LogP contribution is -2.17. The Morgan fingerprint density at radius 1 is 1.56 bits per heavy atom. The molecule has 1 N–H and O–H groups in total.